The van der Waals surface area contributed by atoms with E-state index in [9.17, 15) is 4.39 Å². The first-order valence-electron chi connectivity index (χ1n) is 11.5. The topological polar surface area (TPSA) is 56.2 Å². The van der Waals surface area contributed by atoms with Gasteiger partial charge in [0.2, 0.25) is 0 Å². The van der Waals surface area contributed by atoms with E-state index < -0.39 is 0 Å². The number of rotatable bonds is 6. The summed E-state index contributed by atoms with van der Waals surface area (Å²) < 4.78 is 19.1. The molecule has 3 heterocycles. The van der Waals surface area contributed by atoms with Crippen LogP contribution in [0.1, 0.15) is 18.5 Å². The smallest absolute Gasteiger partial charge is 0.194 e. The summed E-state index contributed by atoms with van der Waals surface area (Å²) in [6, 6.07) is 13.0. The standard InChI is InChI=1S/C24H33FN6O/c1-2-26-24(31-13-11-30(12-14-31)23-5-3-4-10-27-23)28-19-22(29-15-17-32-18-16-29)20-6-8-21(25)9-7-20/h3-10,22H,2,11-19H2,1H3,(H,26,28). The molecule has 1 atom stereocenters. The Morgan fingerprint density at radius 3 is 2.47 bits per heavy atom. The van der Waals surface area contributed by atoms with E-state index in [1.165, 1.54) is 12.1 Å². The summed E-state index contributed by atoms with van der Waals surface area (Å²) in [5.41, 5.74) is 1.09. The van der Waals surface area contributed by atoms with Crippen molar-refractivity contribution in [1.82, 2.24) is 20.1 Å². The number of pyridine rings is 1. The second-order valence-electron chi connectivity index (χ2n) is 8.07. The van der Waals surface area contributed by atoms with Gasteiger partial charge in [0, 0.05) is 52.0 Å². The van der Waals surface area contributed by atoms with Crippen molar-refractivity contribution in [3.8, 4) is 0 Å². The van der Waals surface area contributed by atoms with Gasteiger partial charge in [-0.2, -0.15) is 0 Å². The predicted octanol–water partition coefficient (Wildman–Crippen LogP) is 2.38. The summed E-state index contributed by atoms with van der Waals surface area (Å²) in [6.45, 7) is 10.3. The van der Waals surface area contributed by atoms with Crippen molar-refractivity contribution < 1.29 is 9.13 Å². The summed E-state index contributed by atoms with van der Waals surface area (Å²) in [6.07, 6.45) is 1.84. The number of benzene rings is 1. The van der Waals surface area contributed by atoms with Crippen LogP contribution < -0.4 is 10.2 Å². The van der Waals surface area contributed by atoms with E-state index in [2.05, 4.69) is 38.0 Å². The maximum absolute atomic E-state index is 13.5. The van der Waals surface area contributed by atoms with Crippen molar-refractivity contribution in [2.24, 2.45) is 4.99 Å². The Bertz CT molecular complexity index is 849. The Balaban J connectivity index is 1.46. The number of morpholine rings is 1. The lowest BCUT2D eigenvalue weighted by Gasteiger charge is -2.38. The van der Waals surface area contributed by atoms with E-state index in [-0.39, 0.29) is 11.9 Å². The zero-order valence-corrected chi connectivity index (χ0v) is 18.8. The minimum absolute atomic E-state index is 0.1000. The number of nitrogens with one attached hydrogen (secondary N) is 1. The van der Waals surface area contributed by atoms with E-state index in [0.29, 0.717) is 6.54 Å². The van der Waals surface area contributed by atoms with Crippen LogP contribution in [0.25, 0.3) is 0 Å². The summed E-state index contributed by atoms with van der Waals surface area (Å²) in [4.78, 5) is 16.5. The Morgan fingerprint density at radius 1 is 1.06 bits per heavy atom. The van der Waals surface area contributed by atoms with Crippen LogP contribution in [0, 0.1) is 5.82 Å². The Kier molecular flexibility index (Phi) is 7.90. The highest BCUT2D eigenvalue weighted by atomic mass is 19.1. The first kappa shape index (κ1) is 22.5. The van der Waals surface area contributed by atoms with Gasteiger partial charge in [-0.25, -0.2) is 9.37 Å². The van der Waals surface area contributed by atoms with Crippen molar-refractivity contribution in [2.45, 2.75) is 13.0 Å². The molecule has 7 nitrogen and oxygen atoms in total. The van der Waals surface area contributed by atoms with Gasteiger partial charge < -0.3 is 19.9 Å². The summed E-state index contributed by atoms with van der Waals surface area (Å²) in [7, 11) is 0. The quantitative estimate of drug-likeness (QED) is 0.550. The first-order chi connectivity index (χ1) is 15.7. The van der Waals surface area contributed by atoms with E-state index in [1.54, 1.807) is 0 Å². The van der Waals surface area contributed by atoms with Gasteiger partial charge in [-0.3, -0.25) is 9.89 Å². The molecule has 2 fully saturated rings. The van der Waals surface area contributed by atoms with Crippen molar-refractivity contribution in [2.75, 3.05) is 70.5 Å². The molecule has 172 valence electrons. The number of piperazine rings is 1. The van der Waals surface area contributed by atoms with Crippen LogP contribution in [0.2, 0.25) is 0 Å². The van der Waals surface area contributed by atoms with Gasteiger partial charge in [0.25, 0.3) is 0 Å². The monoisotopic (exact) mass is 440 g/mol. The number of aliphatic imine (C=N–C) groups is 1. The third kappa shape index (κ3) is 5.75. The molecular formula is C24H33FN6O. The van der Waals surface area contributed by atoms with Gasteiger partial charge in [0.05, 0.1) is 25.8 Å². The van der Waals surface area contributed by atoms with Crippen molar-refractivity contribution in [3.63, 3.8) is 0 Å². The molecule has 1 N–H and O–H groups in total. The van der Waals surface area contributed by atoms with Crippen molar-refractivity contribution in [1.29, 1.82) is 0 Å². The Morgan fingerprint density at radius 2 is 1.81 bits per heavy atom. The van der Waals surface area contributed by atoms with Crippen LogP contribution in [0.5, 0.6) is 0 Å². The van der Waals surface area contributed by atoms with Gasteiger partial charge in [0.15, 0.2) is 5.96 Å². The molecule has 0 radical (unpaired) electrons. The first-order valence-corrected chi connectivity index (χ1v) is 11.5. The van der Waals surface area contributed by atoms with E-state index in [1.807, 2.05) is 30.5 Å². The molecule has 1 aromatic carbocycles. The zero-order chi connectivity index (χ0) is 22.2. The number of nitrogens with zero attached hydrogens (tertiary/aromatic N) is 5. The molecule has 4 rings (SSSR count). The molecule has 2 aliphatic rings. The zero-order valence-electron chi connectivity index (χ0n) is 18.8. The molecule has 2 aromatic rings. The van der Waals surface area contributed by atoms with Gasteiger partial charge in [-0.1, -0.05) is 18.2 Å². The van der Waals surface area contributed by atoms with Gasteiger partial charge in [-0.15, -0.1) is 0 Å². The second-order valence-corrected chi connectivity index (χ2v) is 8.07. The Hall–Kier alpha value is -2.71. The molecule has 1 unspecified atom stereocenters. The van der Waals surface area contributed by atoms with Crippen LogP contribution in [-0.4, -0.2) is 86.3 Å². The molecule has 0 aliphatic carbocycles. The maximum Gasteiger partial charge on any atom is 0.194 e. The van der Waals surface area contributed by atoms with E-state index >= 15 is 0 Å². The third-order valence-corrected chi connectivity index (χ3v) is 6.04. The number of hydrogen-bond acceptors (Lipinski definition) is 5. The minimum atomic E-state index is -0.211. The molecule has 0 spiro atoms. The highest BCUT2D eigenvalue weighted by Gasteiger charge is 2.24. The van der Waals surface area contributed by atoms with Crippen LogP contribution in [0.4, 0.5) is 10.2 Å². The molecular weight excluding hydrogens is 407 g/mol. The van der Waals surface area contributed by atoms with Crippen LogP contribution >= 0.6 is 0 Å². The van der Waals surface area contributed by atoms with Crippen LogP contribution in [-0.2, 0) is 4.74 Å². The van der Waals surface area contributed by atoms with E-state index in [4.69, 9.17) is 9.73 Å². The summed E-state index contributed by atoms with van der Waals surface area (Å²) >= 11 is 0. The lowest BCUT2D eigenvalue weighted by molar-refractivity contribution is 0.0179. The van der Waals surface area contributed by atoms with Gasteiger partial charge in [0.1, 0.15) is 11.6 Å². The van der Waals surface area contributed by atoms with Crippen LogP contribution in [0.15, 0.2) is 53.7 Å². The average Bonchev–Trinajstić information content (AvgIpc) is 2.86. The molecule has 0 amide bonds. The second kappa shape index (κ2) is 11.2. The summed E-state index contributed by atoms with van der Waals surface area (Å²) in [5.74, 6) is 1.75. The molecule has 0 bridgehead atoms. The number of anilines is 1. The van der Waals surface area contributed by atoms with Crippen molar-refractivity contribution in [3.05, 3.63) is 60.0 Å². The molecule has 8 heteroatoms. The molecule has 1 aromatic heterocycles. The molecule has 2 aliphatic heterocycles. The number of guanidine groups is 1. The number of aromatic nitrogens is 1. The average molecular weight is 441 g/mol. The molecule has 0 saturated carbocycles. The predicted molar refractivity (Wildman–Crippen MR) is 126 cm³/mol. The maximum atomic E-state index is 13.5. The van der Waals surface area contributed by atoms with Crippen LogP contribution in [0.3, 0.4) is 0 Å². The third-order valence-electron chi connectivity index (χ3n) is 6.04. The minimum Gasteiger partial charge on any atom is -0.379 e. The fourth-order valence-electron chi connectivity index (χ4n) is 4.29. The number of ether oxygens (including phenoxy) is 1. The number of hydrogen-bond donors (Lipinski definition) is 1. The Labute approximate surface area is 189 Å². The van der Waals surface area contributed by atoms with Crippen molar-refractivity contribution >= 4 is 11.8 Å². The lowest BCUT2D eigenvalue weighted by Crippen LogP contribution is -2.53. The molecule has 32 heavy (non-hydrogen) atoms. The fraction of sp³-hybridized carbons (Fsp3) is 0.500. The molecule has 2 saturated heterocycles. The normalized spacial score (nSPS) is 19.1. The number of halogens is 1. The lowest BCUT2D eigenvalue weighted by atomic mass is 10.0. The highest BCUT2D eigenvalue weighted by molar-refractivity contribution is 5.80. The van der Waals surface area contributed by atoms with Gasteiger partial charge >= 0.3 is 0 Å². The SMILES string of the molecule is CCNC(=NCC(c1ccc(F)cc1)N1CCOCC1)N1CCN(c2ccccn2)CC1. The highest BCUT2D eigenvalue weighted by Crippen LogP contribution is 2.23. The largest absolute Gasteiger partial charge is 0.379 e. The summed E-state index contributed by atoms with van der Waals surface area (Å²) in [5, 5.41) is 3.46. The fourth-order valence-corrected chi connectivity index (χ4v) is 4.29. The van der Waals surface area contributed by atoms with E-state index in [0.717, 1.165) is 76.4 Å². The van der Waals surface area contributed by atoms with Gasteiger partial charge in [-0.05, 0) is 36.8 Å².